The zero-order chi connectivity index (χ0) is 14.4. The van der Waals surface area contributed by atoms with Gasteiger partial charge in [-0.3, -0.25) is 0 Å². The third-order valence-corrected chi connectivity index (χ3v) is 8.45. The minimum atomic E-state index is -4.38. The van der Waals surface area contributed by atoms with E-state index in [2.05, 4.69) is 0 Å². The average Bonchev–Trinajstić information content (AvgIpc) is 2.75. The van der Waals surface area contributed by atoms with Gasteiger partial charge in [-0.25, -0.2) is 0 Å². The molecule has 110 valence electrons. The fraction of sp³-hybridized carbons (Fsp3) is 0.467. The van der Waals surface area contributed by atoms with Crippen molar-refractivity contribution in [2.75, 3.05) is 0 Å². The maximum absolute atomic E-state index is 13.7. The van der Waals surface area contributed by atoms with Crippen molar-refractivity contribution in [3.05, 3.63) is 34.7 Å². The topological polar surface area (TPSA) is 0 Å². The van der Waals surface area contributed by atoms with Gasteiger partial charge < -0.3 is 0 Å². The highest BCUT2D eigenvalue weighted by atomic mass is 35.7. The number of halogens is 4. The molecule has 1 aromatic rings. The van der Waals surface area contributed by atoms with Crippen LogP contribution in [0.4, 0.5) is 13.2 Å². The molecule has 1 unspecified atom stereocenters. The first kappa shape index (κ1) is 14.3. The van der Waals surface area contributed by atoms with Gasteiger partial charge in [0.15, 0.2) is 0 Å². The van der Waals surface area contributed by atoms with E-state index in [1.54, 1.807) is 24.3 Å². The molecule has 1 atom stereocenters. The zero-order valence-electron chi connectivity index (χ0n) is 10.9. The van der Waals surface area contributed by atoms with Crippen LogP contribution in [-0.2, 0) is 0 Å². The summed E-state index contributed by atoms with van der Waals surface area (Å²) in [5.74, 6) is -0.00900. The third kappa shape index (κ3) is 2.08. The molecule has 5 heteroatoms. The molecule has 1 aliphatic carbocycles. The predicted octanol–water partition coefficient (Wildman–Crippen LogP) is 6.46. The lowest BCUT2D eigenvalue weighted by Crippen LogP contribution is -2.21. The molecule has 0 amide bonds. The van der Waals surface area contributed by atoms with Crippen LogP contribution < -0.4 is 0 Å². The second kappa shape index (κ2) is 4.99. The number of fused-ring (bicyclic) bond motifs is 1. The SMILES string of the molecule is FC(F)(F)S1(Cl)C(C2CCCCC2)=Cc2ccccc21. The minimum absolute atomic E-state index is 0.00900. The Bertz CT molecular complexity index is 546. The van der Waals surface area contributed by atoms with Crippen LogP contribution in [0.2, 0.25) is 0 Å². The molecule has 0 N–H and O–H groups in total. The highest BCUT2D eigenvalue weighted by Crippen LogP contribution is 2.81. The Balaban J connectivity index is 2.09. The zero-order valence-corrected chi connectivity index (χ0v) is 12.5. The van der Waals surface area contributed by atoms with Crippen molar-refractivity contribution >= 4 is 26.0 Å². The van der Waals surface area contributed by atoms with E-state index in [1.807, 2.05) is 0 Å². The summed E-state index contributed by atoms with van der Waals surface area (Å²) in [4.78, 5) is 0.710. The number of hydrogen-bond acceptors (Lipinski definition) is 0. The molecular weight excluding hydrogens is 305 g/mol. The molecule has 2 aliphatic rings. The molecule has 0 aromatic heterocycles. The number of rotatable bonds is 1. The molecule has 0 nitrogen and oxygen atoms in total. The summed E-state index contributed by atoms with van der Waals surface area (Å²) in [5.41, 5.74) is -3.74. The number of alkyl halides is 3. The molecule has 20 heavy (non-hydrogen) atoms. The first-order valence-corrected chi connectivity index (χ1v) is 9.30. The van der Waals surface area contributed by atoms with Gasteiger partial charge in [-0.2, -0.15) is 13.2 Å². The fourth-order valence-corrected chi connectivity index (χ4v) is 6.62. The van der Waals surface area contributed by atoms with Gasteiger partial charge in [-0.15, -0.1) is 0 Å². The van der Waals surface area contributed by atoms with Gasteiger partial charge in [0, 0.05) is 4.90 Å². The Morgan fingerprint density at radius 1 is 1.05 bits per heavy atom. The average molecular weight is 321 g/mol. The molecule has 1 aromatic carbocycles. The fourth-order valence-electron chi connectivity index (χ4n) is 3.21. The largest absolute Gasteiger partial charge is 0.445 e. The number of allylic oxidation sites excluding steroid dienone is 1. The molecule has 1 aliphatic heterocycles. The maximum Gasteiger partial charge on any atom is 0.445 e. The third-order valence-electron chi connectivity index (χ3n) is 4.17. The number of hydrogen-bond donors (Lipinski definition) is 0. The van der Waals surface area contributed by atoms with Crippen LogP contribution in [0.1, 0.15) is 37.7 Å². The van der Waals surface area contributed by atoms with E-state index in [0.29, 0.717) is 10.5 Å². The summed E-state index contributed by atoms with van der Waals surface area (Å²) < 4.78 is 41.1. The number of benzene rings is 1. The monoisotopic (exact) mass is 320 g/mol. The second-order valence-corrected chi connectivity index (χ2v) is 9.24. The van der Waals surface area contributed by atoms with E-state index in [-0.39, 0.29) is 10.8 Å². The summed E-state index contributed by atoms with van der Waals surface area (Å²) in [6.45, 7) is 0. The summed E-state index contributed by atoms with van der Waals surface area (Å²) in [6.07, 6.45) is 6.49. The first-order valence-electron chi connectivity index (χ1n) is 6.84. The molecule has 0 radical (unpaired) electrons. The lowest BCUT2D eigenvalue weighted by molar-refractivity contribution is -0.0361. The Morgan fingerprint density at radius 3 is 2.35 bits per heavy atom. The normalized spacial score (nSPS) is 30.5. The highest BCUT2D eigenvalue weighted by Gasteiger charge is 2.57. The molecule has 0 saturated heterocycles. The van der Waals surface area contributed by atoms with E-state index in [9.17, 15) is 13.2 Å². The lowest BCUT2D eigenvalue weighted by Gasteiger charge is -2.38. The molecule has 3 rings (SSSR count). The van der Waals surface area contributed by atoms with Crippen LogP contribution >= 0.6 is 19.9 Å². The quantitative estimate of drug-likeness (QED) is 0.557. The van der Waals surface area contributed by atoms with Crippen LogP contribution in [0.15, 0.2) is 34.1 Å². The van der Waals surface area contributed by atoms with Crippen LogP contribution in [-0.4, -0.2) is 5.51 Å². The van der Waals surface area contributed by atoms with Crippen molar-refractivity contribution in [1.82, 2.24) is 0 Å². The molecule has 0 bridgehead atoms. The summed E-state index contributed by atoms with van der Waals surface area (Å²) in [5, 5.41) is 0. The Kier molecular flexibility index (Phi) is 3.57. The molecular formula is C15H16ClF3S. The second-order valence-electron chi connectivity index (χ2n) is 5.40. The van der Waals surface area contributed by atoms with Crippen LogP contribution in [0.5, 0.6) is 0 Å². The predicted molar refractivity (Wildman–Crippen MR) is 78.8 cm³/mol. The summed E-state index contributed by atoms with van der Waals surface area (Å²) in [7, 11) is 2.88. The van der Waals surface area contributed by atoms with Crippen molar-refractivity contribution in [3.63, 3.8) is 0 Å². The van der Waals surface area contributed by atoms with E-state index in [0.717, 1.165) is 32.1 Å². The van der Waals surface area contributed by atoms with Gasteiger partial charge in [0.1, 0.15) is 0 Å². The van der Waals surface area contributed by atoms with Crippen molar-refractivity contribution in [1.29, 1.82) is 0 Å². The Hall–Kier alpha value is -0.610. The Morgan fingerprint density at radius 2 is 1.70 bits per heavy atom. The lowest BCUT2D eigenvalue weighted by atomic mass is 9.88. The van der Waals surface area contributed by atoms with E-state index in [1.165, 1.54) is 6.07 Å². The standard InChI is InChI=1S/C15H16ClF3S/c16-20(15(17,18)19)13-9-5-4-8-12(13)10-14(20)11-6-2-1-3-7-11/h4-5,8-11H,1-3,6-7H2. The maximum atomic E-state index is 13.7. The van der Waals surface area contributed by atoms with Crippen LogP contribution in [0.25, 0.3) is 6.08 Å². The van der Waals surface area contributed by atoms with Gasteiger partial charge in [-0.1, -0.05) is 37.5 Å². The first-order chi connectivity index (χ1) is 9.44. The van der Waals surface area contributed by atoms with Crippen molar-refractivity contribution in [2.45, 2.75) is 42.5 Å². The van der Waals surface area contributed by atoms with Crippen molar-refractivity contribution < 1.29 is 13.2 Å². The van der Waals surface area contributed by atoms with Gasteiger partial charge in [-0.05, 0) is 61.3 Å². The van der Waals surface area contributed by atoms with E-state index in [4.69, 9.17) is 10.7 Å². The highest BCUT2D eigenvalue weighted by molar-refractivity contribution is 8.54. The van der Waals surface area contributed by atoms with Gasteiger partial charge in [0.05, 0.1) is 0 Å². The van der Waals surface area contributed by atoms with Gasteiger partial charge >= 0.3 is 5.51 Å². The minimum Gasteiger partial charge on any atom is -0.160 e. The summed E-state index contributed by atoms with van der Waals surface area (Å²) >= 11 is 0. The van der Waals surface area contributed by atoms with Crippen molar-refractivity contribution in [2.24, 2.45) is 5.92 Å². The summed E-state index contributed by atoms with van der Waals surface area (Å²) in [6, 6.07) is 6.69. The molecule has 1 fully saturated rings. The van der Waals surface area contributed by atoms with Gasteiger partial charge in [0.2, 0.25) is 0 Å². The Labute approximate surface area is 122 Å². The molecule has 0 spiro atoms. The van der Waals surface area contributed by atoms with E-state index >= 15 is 0 Å². The van der Waals surface area contributed by atoms with Crippen molar-refractivity contribution in [3.8, 4) is 0 Å². The van der Waals surface area contributed by atoms with E-state index < -0.39 is 14.7 Å². The smallest absolute Gasteiger partial charge is 0.160 e. The van der Waals surface area contributed by atoms with Gasteiger partial charge in [0.25, 0.3) is 0 Å². The molecule has 1 saturated carbocycles. The van der Waals surface area contributed by atoms with Crippen LogP contribution in [0.3, 0.4) is 0 Å². The van der Waals surface area contributed by atoms with Crippen LogP contribution in [0, 0.1) is 5.92 Å². The molecule has 1 heterocycles.